The summed E-state index contributed by atoms with van der Waals surface area (Å²) < 4.78 is 5.05. The molecule has 0 heterocycles. The molecule has 0 aromatic rings. The van der Waals surface area contributed by atoms with Crippen molar-refractivity contribution in [3.63, 3.8) is 0 Å². The van der Waals surface area contributed by atoms with Crippen molar-refractivity contribution in [1.82, 2.24) is 0 Å². The molecule has 0 atom stereocenters. The number of rotatable bonds is 13. The van der Waals surface area contributed by atoms with Gasteiger partial charge in [0.05, 0.1) is 8.07 Å². The maximum atomic E-state index is 11.6. The number of hydrogen-bond donors (Lipinski definition) is 0. The van der Waals surface area contributed by atoms with Crippen LogP contribution in [0.5, 0.6) is 0 Å². The second kappa shape index (κ2) is 12.0. The van der Waals surface area contributed by atoms with Crippen molar-refractivity contribution in [2.75, 3.05) is 6.61 Å². The van der Waals surface area contributed by atoms with Gasteiger partial charge in [-0.05, 0) is 6.42 Å². The molecule has 0 bridgehead atoms. The van der Waals surface area contributed by atoms with Gasteiger partial charge in [-0.2, -0.15) is 0 Å². The van der Waals surface area contributed by atoms with E-state index >= 15 is 0 Å². The summed E-state index contributed by atoms with van der Waals surface area (Å²) in [6.07, 6.45) is 10.4. The summed E-state index contributed by atoms with van der Waals surface area (Å²) in [6, 6.07) is 0.498. The van der Waals surface area contributed by atoms with E-state index < -0.39 is 8.07 Å². The first-order valence-electron chi connectivity index (χ1n) is 8.52. The van der Waals surface area contributed by atoms with Crippen molar-refractivity contribution in [3.05, 3.63) is 0 Å². The molecule has 0 amide bonds. The first kappa shape index (κ1) is 20.4. The molecule has 0 radical (unpaired) electrons. The van der Waals surface area contributed by atoms with Crippen LogP contribution in [0.3, 0.4) is 0 Å². The van der Waals surface area contributed by atoms with Crippen molar-refractivity contribution in [2.45, 2.75) is 90.4 Å². The van der Waals surface area contributed by atoms with Crippen molar-refractivity contribution < 1.29 is 14.3 Å². The number of ketones is 1. The second-order valence-corrected chi connectivity index (χ2v) is 12.6. The Balaban J connectivity index is 3.44. The van der Waals surface area contributed by atoms with Gasteiger partial charge in [0.15, 0.2) is 5.78 Å². The third-order valence-corrected chi connectivity index (χ3v) is 4.73. The molecule has 124 valence electrons. The minimum atomic E-state index is -1.43. The molecule has 0 saturated heterocycles. The normalized spacial score (nSPS) is 11.4. The maximum Gasteiger partial charge on any atom is 0.303 e. The first-order valence-corrected chi connectivity index (χ1v) is 12.2. The number of esters is 1. The third-order valence-electron chi connectivity index (χ3n) is 3.38. The molecule has 4 heteroatoms. The summed E-state index contributed by atoms with van der Waals surface area (Å²) in [7, 11) is -1.43. The van der Waals surface area contributed by atoms with Gasteiger partial charge in [-0.25, -0.2) is 0 Å². The zero-order valence-corrected chi connectivity index (χ0v) is 15.5. The Morgan fingerprint density at radius 2 is 1.38 bits per heavy atom. The molecule has 0 unspecified atom stereocenters. The lowest BCUT2D eigenvalue weighted by Gasteiger charge is -2.14. The lowest BCUT2D eigenvalue weighted by Crippen LogP contribution is -2.26. The fourth-order valence-corrected chi connectivity index (χ4v) is 3.14. The quantitative estimate of drug-likeness (QED) is 0.274. The smallest absolute Gasteiger partial charge is 0.303 e. The van der Waals surface area contributed by atoms with E-state index in [2.05, 4.69) is 26.6 Å². The zero-order chi connectivity index (χ0) is 16.1. The van der Waals surface area contributed by atoms with Crippen LogP contribution in [0, 0.1) is 0 Å². The van der Waals surface area contributed by atoms with E-state index in [0.717, 1.165) is 12.8 Å². The van der Waals surface area contributed by atoms with Gasteiger partial charge in [0.1, 0.15) is 6.61 Å². The summed E-state index contributed by atoms with van der Waals surface area (Å²) >= 11 is 0. The van der Waals surface area contributed by atoms with E-state index in [0.29, 0.717) is 12.5 Å². The van der Waals surface area contributed by atoms with E-state index in [9.17, 15) is 9.59 Å². The Kier molecular flexibility index (Phi) is 11.6. The number of carbonyl (C=O) groups excluding carboxylic acids is 2. The number of unbranched alkanes of at least 4 members (excludes halogenated alkanes) is 7. The Labute approximate surface area is 131 Å². The predicted molar refractivity (Wildman–Crippen MR) is 91.3 cm³/mol. The molecule has 0 aromatic heterocycles. The van der Waals surface area contributed by atoms with Crippen molar-refractivity contribution >= 4 is 19.8 Å². The number of carbonyl (C=O) groups is 2. The molecule has 0 fully saturated rings. The Hall–Kier alpha value is -0.643. The molecule has 3 nitrogen and oxygen atoms in total. The number of hydrogen-bond acceptors (Lipinski definition) is 3. The van der Waals surface area contributed by atoms with Crippen molar-refractivity contribution in [3.8, 4) is 0 Å². The van der Waals surface area contributed by atoms with Crippen molar-refractivity contribution in [2.24, 2.45) is 0 Å². The Morgan fingerprint density at radius 1 is 0.857 bits per heavy atom. The van der Waals surface area contributed by atoms with Crippen LogP contribution in [0.2, 0.25) is 25.7 Å². The van der Waals surface area contributed by atoms with Crippen LogP contribution in [0.15, 0.2) is 0 Å². The molecule has 0 spiro atoms. The summed E-state index contributed by atoms with van der Waals surface area (Å²) in [6.45, 7) is 8.56. The molecule has 21 heavy (non-hydrogen) atoms. The Morgan fingerprint density at radius 3 is 1.90 bits per heavy atom. The van der Waals surface area contributed by atoms with Gasteiger partial charge in [-0.3, -0.25) is 9.59 Å². The molecule has 0 aliphatic heterocycles. The topological polar surface area (TPSA) is 43.4 Å². The van der Waals surface area contributed by atoms with E-state index in [4.69, 9.17) is 4.74 Å². The Bertz CT molecular complexity index is 295. The predicted octanol–water partition coefficient (Wildman–Crippen LogP) is 4.97. The van der Waals surface area contributed by atoms with Crippen LogP contribution >= 0.6 is 0 Å². The van der Waals surface area contributed by atoms with E-state index in [1.54, 1.807) is 0 Å². The number of ether oxygens (including phenoxy) is 1. The van der Waals surface area contributed by atoms with Crippen LogP contribution in [0.1, 0.15) is 64.7 Å². The molecule has 0 aliphatic rings. The highest BCUT2D eigenvalue weighted by molar-refractivity contribution is 6.78. The average molecular weight is 315 g/mol. The van der Waals surface area contributed by atoms with Crippen LogP contribution in [-0.2, 0) is 14.3 Å². The highest BCUT2D eigenvalue weighted by atomic mass is 28.3. The highest BCUT2D eigenvalue weighted by Crippen LogP contribution is 2.11. The molecule has 0 N–H and O–H groups in total. The summed E-state index contributed by atoms with van der Waals surface area (Å²) in [5, 5.41) is 0. The zero-order valence-electron chi connectivity index (χ0n) is 14.5. The third kappa shape index (κ3) is 15.6. The van der Waals surface area contributed by atoms with Gasteiger partial charge in [-0.15, -0.1) is 0 Å². The monoisotopic (exact) mass is 314 g/mol. The van der Waals surface area contributed by atoms with Crippen molar-refractivity contribution in [1.29, 1.82) is 0 Å². The minimum Gasteiger partial charge on any atom is -0.458 e. The molecule has 0 aliphatic carbocycles. The van der Waals surface area contributed by atoms with Gasteiger partial charge in [0.2, 0.25) is 0 Å². The van der Waals surface area contributed by atoms with Crippen LogP contribution < -0.4 is 0 Å². The van der Waals surface area contributed by atoms with E-state index in [-0.39, 0.29) is 18.4 Å². The van der Waals surface area contributed by atoms with Gasteiger partial charge >= 0.3 is 5.97 Å². The van der Waals surface area contributed by atoms with Gasteiger partial charge < -0.3 is 4.74 Å². The van der Waals surface area contributed by atoms with Crippen LogP contribution in [0.25, 0.3) is 0 Å². The minimum absolute atomic E-state index is 0.0280. The van der Waals surface area contributed by atoms with E-state index in [1.807, 2.05) is 0 Å². The lowest BCUT2D eigenvalue weighted by molar-refractivity contribution is -0.145. The molecular weight excluding hydrogens is 280 g/mol. The fourth-order valence-electron chi connectivity index (χ4n) is 2.17. The maximum absolute atomic E-state index is 11.6. The van der Waals surface area contributed by atoms with Crippen LogP contribution in [0.4, 0.5) is 0 Å². The lowest BCUT2D eigenvalue weighted by atomic mass is 10.1. The molecule has 0 saturated carbocycles. The summed E-state index contributed by atoms with van der Waals surface area (Å²) in [4.78, 5) is 23.1. The summed E-state index contributed by atoms with van der Waals surface area (Å²) in [5.41, 5.74) is 0. The molecular formula is C17H34O3Si. The van der Waals surface area contributed by atoms with Gasteiger partial charge in [0.25, 0.3) is 0 Å². The summed E-state index contributed by atoms with van der Waals surface area (Å²) in [5.74, 6) is -0.150. The molecule has 0 rings (SSSR count). The first-order chi connectivity index (χ1) is 9.85. The van der Waals surface area contributed by atoms with E-state index in [1.165, 1.54) is 38.5 Å². The largest absolute Gasteiger partial charge is 0.458 e. The van der Waals surface area contributed by atoms with Gasteiger partial charge in [0, 0.05) is 12.5 Å². The second-order valence-electron chi connectivity index (χ2n) is 7.16. The molecule has 0 aromatic carbocycles. The number of Topliss-reactive ketones (excluding diaryl/α,β-unsaturated/α-hetero) is 1. The van der Waals surface area contributed by atoms with Gasteiger partial charge in [-0.1, -0.05) is 71.5 Å². The average Bonchev–Trinajstić information content (AvgIpc) is 2.37. The SMILES string of the molecule is CCCCCCCCCCC(=O)COC(=O)C[Si](C)(C)C. The fraction of sp³-hybridized carbons (Fsp3) is 0.882. The highest BCUT2D eigenvalue weighted by Gasteiger charge is 2.19. The standard InChI is InChI=1S/C17H34O3Si/c1-5-6-7-8-9-10-11-12-13-16(18)14-20-17(19)15-21(2,3)4/h5-15H2,1-4H3. The van der Waals surface area contributed by atoms with Crippen LogP contribution in [-0.4, -0.2) is 26.4 Å².